The molecule has 0 spiro atoms. The third-order valence-corrected chi connectivity index (χ3v) is 21.6. The topological polar surface area (TPSA) is 3.24 Å². The highest BCUT2D eigenvalue weighted by atomic mass is 28.3. The van der Waals surface area contributed by atoms with E-state index in [1.807, 2.05) is 0 Å². The Kier molecular flexibility index (Phi) is 15.7. The largest absolute Gasteiger partial charge is 0.316 e. The molecule has 0 aliphatic heterocycles. The zero-order valence-corrected chi connectivity index (χ0v) is 40.7. The van der Waals surface area contributed by atoms with E-state index in [1.165, 1.54) is 173 Å². The second kappa shape index (κ2) is 19.7. The van der Waals surface area contributed by atoms with Crippen LogP contribution < -0.4 is 0 Å². The van der Waals surface area contributed by atoms with Crippen molar-refractivity contribution in [2.45, 2.75) is 264 Å². The highest BCUT2D eigenvalue weighted by Gasteiger charge is 2.57. The predicted molar refractivity (Wildman–Crippen MR) is 255 cm³/mol. The minimum atomic E-state index is -1.82. The van der Waals surface area contributed by atoms with E-state index < -0.39 is 8.24 Å². The first-order chi connectivity index (χ1) is 27.3. The Hall–Kier alpha value is -1.12. The summed E-state index contributed by atoms with van der Waals surface area (Å²) in [5, 5.41) is 0. The van der Waals surface area contributed by atoms with E-state index in [1.54, 1.807) is 33.4 Å². The van der Waals surface area contributed by atoms with E-state index in [4.69, 9.17) is 0 Å². The number of nitrogens with zero attached hydrogens (tertiary/aromatic N) is 1. The molecule has 5 atom stereocenters. The van der Waals surface area contributed by atoms with Gasteiger partial charge in [-0.25, -0.2) is 0 Å². The fourth-order valence-electron chi connectivity index (χ4n) is 14.5. The zero-order chi connectivity index (χ0) is 40.8. The van der Waals surface area contributed by atoms with Crippen LogP contribution in [0.3, 0.4) is 0 Å². The maximum atomic E-state index is 3.19. The Morgan fingerprint density at radius 3 is 1.79 bits per heavy atom. The molecule has 2 heteroatoms. The van der Waals surface area contributed by atoms with Crippen LogP contribution in [0.15, 0.2) is 29.9 Å². The molecular weight excluding hydrogens is 703 g/mol. The van der Waals surface area contributed by atoms with Gasteiger partial charge in [0.15, 0.2) is 0 Å². The van der Waals surface area contributed by atoms with Crippen molar-refractivity contribution in [3.8, 4) is 0 Å². The van der Waals surface area contributed by atoms with Gasteiger partial charge in [-0.05, 0) is 134 Å². The number of rotatable bonds is 22. The van der Waals surface area contributed by atoms with E-state index in [0.717, 1.165) is 17.5 Å². The highest BCUT2D eigenvalue weighted by Crippen LogP contribution is 2.64. The summed E-state index contributed by atoms with van der Waals surface area (Å²) < 4.78 is 3.19. The number of hydrogen-bond acceptors (Lipinski definition) is 1. The van der Waals surface area contributed by atoms with Gasteiger partial charge in [-0.2, -0.15) is 0 Å². The van der Waals surface area contributed by atoms with Gasteiger partial charge in [0.2, 0.25) is 0 Å². The first kappa shape index (κ1) is 45.4. The number of allylic oxidation sites excluding steroid dienone is 4. The van der Waals surface area contributed by atoms with Crippen molar-refractivity contribution in [3.63, 3.8) is 0 Å². The molecule has 0 saturated heterocycles. The van der Waals surface area contributed by atoms with Crippen LogP contribution >= 0.6 is 0 Å². The van der Waals surface area contributed by atoms with Crippen LogP contribution in [0.1, 0.15) is 238 Å². The van der Waals surface area contributed by atoms with Crippen molar-refractivity contribution in [3.05, 3.63) is 52.1 Å². The minimum Gasteiger partial charge on any atom is -0.316 e. The van der Waals surface area contributed by atoms with Crippen LogP contribution in [0.5, 0.6) is 0 Å². The molecule has 5 unspecified atom stereocenters. The lowest BCUT2D eigenvalue weighted by Gasteiger charge is -2.56. The molecule has 1 nitrogen and oxygen atoms in total. The molecule has 57 heavy (non-hydrogen) atoms. The Morgan fingerprint density at radius 1 is 0.684 bits per heavy atom. The number of unbranched alkanes of at least 4 members (excludes halogenated alkanes) is 13. The molecule has 1 aromatic carbocycles. The third kappa shape index (κ3) is 10.00. The van der Waals surface area contributed by atoms with Crippen molar-refractivity contribution < 1.29 is 0 Å². The summed E-state index contributed by atoms with van der Waals surface area (Å²) in [5.74, 6) is 2.20. The Bertz CT molecular complexity index is 1490. The summed E-state index contributed by atoms with van der Waals surface area (Å²) in [6, 6.07) is 6.42. The normalized spacial score (nSPS) is 27.0. The zero-order valence-electron chi connectivity index (χ0n) is 39.7. The van der Waals surface area contributed by atoms with Crippen molar-refractivity contribution in [2.75, 3.05) is 0 Å². The van der Waals surface area contributed by atoms with Crippen LogP contribution in [0, 0.1) is 23.2 Å². The quantitative estimate of drug-likeness (QED) is 0.0835. The van der Waals surface area contributed by atoms with Crippen LogP contribution in [0.2, 0.25) is 18.6 Å². The van der Waals surface area contributed by atoms with E-state index in [2.05, 4.69) is 97.3 Å². The van der Waals surface area contributed by atoms with E-state index in [9.17, 15) is 0 Å². The molecule has 2 saturated carbocycles. The molecular formula is C55H93NSi. The van der Waals surface area contributed by atoms with Gasteiger partial charge in [0.1, 0.15) is 8.24 Å². The van der Waals surface area contributed by atoms with E-state index >= 15 is 0 Å². The van der Waals surface area contributed by atoms with Gasteiger partial charge in [-0.1, -0.05) is 194 Å². The van der Waals surface area contributed by atoms with Gasteiger partial charge in [0.25, 0.3) is 0 Å². The molecule has 0 amide bonds. The Morgan fingerprint density at radius 2 is 1.23 bits per heavy atom. The lowest BCUT2D eigenvalue weighted by Crippen LogP contribution is -2.65. The maximum Gasteiger partial charge on any atom is 0.127 e. The number of fused-ring (bicyclic) bond motifs is 5. The first-order valence-corrected chi connectivity index (χ1v) is 28.7. The molecule has 0 radical (unpaired) electrons. The van der Waals surface area contributed by atoms with Crippen molar-refractivity contribution >= 4 is 13.8 Å². The molecule has 1 aromatic rings. The summed E-state index contributed by atoms with van der Waals surface area (Å²) in [7, 11) is -1.82. The lowest BCUT2D eigenvalue weighted by molar-refractivity contribution is 0.139. The molecule has 0 heterocycles. The highest BCUT2D eigenvalue weighted by molar-refractivity contribution is 6.76. The molecule has 0 aromatic heterocycles. The predicted octanol–water partition coefficient (Wildman–Crippen LogP) is 17.1. The lowest BCUT2D eigenvalue weighted by atomic mass is 9.68. The summed E-state index contributed by atoms with van der Waals surface area (Å²) in [6.45, 7) is 25.8. The average molecular weight is 796 g/mol. The molecule has 0 N–H and O–H groups in total. The van der Waals surface area contributed by atoms with Crippen LogP contribution in [0.4, 0.5) is 0 Å². The van der Waals surface area contributed by atoms with Gasteiger partial charge in [0, 0.05) is 17.0 Å². The smallest absolute Gasteiger partial charge is 0.127 e. The van der Waals surface area contributed by atoms with Crippen molar-refractivity contribution in [1.29, 1.82) is 0 Å². The van der Waals surface area contributed by atoms with Gasteiger partial charge in [-0.3, -0.25) is 0 Å². The van der Waals surface area contributed by atoms with E-state index in [0.29, 0.717) is 17.3 Å². The van der Waals surface area contributed by atoms with Gasteiger partial charge < -0.3 is 4.57 Å². The molecule has 5 aliphatic carbocycles. The van der Waals surface area contributed by atoms with Crippen LogP contribution in [-0.4, -0.2) is 24.4 Å². The molecule has 0 bridgehead atoms. The summed E-state index contributed by atoms with van der Waals surface area (Å²) in [5.41, 5.74) is 12.1. The van der Waals surface area contributed by atoms with Crippen LogP contribution in [-0.2, 0) is 18.3 Å². The molecule has 2 fully saturated rings. The van der Waals surface area contributed by atoms with Gasteiger partial charge in [0.05, 0.1) is 0 Å². The molecule has 322 valence electrons. The molecule has 5 aliphatic rings. The summed E-state index contributed by atoms with van der Waals surface area (Å²) in [6.07, 6.45) is 43.7. The Balaban J connectivity index is 1.23. The number of benzene rings is 1. The summed E-state index contributed by atoms with van der Waals surface area (Å²) in [4.78, 5) is 0. The minimum absolute atomic E-state index is 0.218. The Labute approximate surface area is 356 Å². The third-order valence-electron chi connectivity index (χ3n) is 16.7. The van der Waals surface area contributed by atoms with Crippen molar-refractivity contribution in [2.24, 2.45) is 23.2 Å². The SMILES string of the molecule is CCCCCCCCCCCCCCC1(C)Cc2cc3c(cc2C1)C(CCCC)(CCCC)C1=CC2CC(C)C([Si](C)(C)N(C4CCCCC4)C(C)(C)C)C2C=C13. The second-order valence-corrected chi connectivity index (χ2v) is 27.3. The van der Waals surface area contributed by atoms with Gasteiger partial charge in [-0.15, -0.1) is 0 Å². The van der Waals surface area contributed by atoms with Crippen LogP contribution in [0.25, 0.3) is 5.57 Å². The first-order valence-electron chi connectivity index (χ1n) is 25.7. The fourth-order valence-corrected chi connectivity index (χ4v) is 20.6. The maximum absolute atomic E-state index is 3.19. The molecule has 6 rings (SSSR count). The summed E-state index contributed by atoms with van der Waals surface area (Å²) >= 11 is 0. The fraction of sp³-hybridized carbons (Fsp3) is 0.818. The second-order valence-electron chi connectivity index (χ2n) is 22.9. The number of hydrogen-bond donors (Lipinski definition) is 0. The van der Waals surface area contributed by atoms with Gasteiger partial charge >= 0.3 is 0 Å². The van der Waals surface area contributed by atoms with E-state index in [-0.39, 0.29) is 11.0 Å². The average Bonchev–Trinajstić information content (AvgIpc) is 3.76. The van der Waals surface area contributed by atoms with Crippen molar-refractivity contribution in [1.82, 2.24) is 4.57 Å². The monoisotopic (exact) mass is 796 g/mol. The standard InChI is InChI=1S/C55H93NSi/c1-11-14-17-18-19-20-21-22-23-24-25-29-32-54(8)40-44-36-48-49-39-47-43(37-50(49)55(33-15-12-2,34-16-13-3)51(48)38-45(44)41-54)35-42(4)52(47)57(9,10)56(53(5,6)7)46-30-27-26-28-31-46/h36-39,42-43,46-47,52H,11-35,40-41H2,1-10H3.